The molecule has 1 aromatic rings. The van der Waals surface area contributed by atoms with E-state index in [-0.39, 0.29) is 16.0 Å². The highest BCUT2D eigenvalue weighted by Crippen LogP contribution is 2.40. The lowest BCUT2D eigenvalue weighted by molar-refractivity contribution is 0.301. The third-order valence-electron chi connectivity index (χ3n) is 4.61. The van der Waals surface area contributed by atoms with Crippen molar-refractivity contribution >= 4 is 22.9 Å². The lowest BCUT2D eigenvalue weighted by Gasteiger charge is -2.27. The van der Waals surface area contributed by atoms with Gasteiger partial charge in [0.25, 0.3) is 0 Å². The minimum Gasteiger partial charge on any atom is -0.389 e. The van der Waals surface area contributed by atoms with Gasteiger partial charge in [-0.05, 0) is 36.8 Å². The van der Waals surface area contributed by atoms with E-state index in [9.17, 15) is 8.78 Å². The quantitative estimate of drug-likeness (QED) is 0.861. The first kappa shape index (κ1) is 15.2. The molecule has 1 aliphatic heterocycles. The van der Waals surface area contributed by atoms with Crippen LogP contribution in [0.2, 0.25) is 0 Å². The van der Waals surface area contributed by atoms with Crippen molar-refractivity contribution in [1.29, 1.82) is 0 Å². The van der Waals surface area contributed by atoms with Crippen molar-refractivity contribution in [2.45, 2.75) is 33.1 Å². The van der Waals surface area contributed by atoms with Crippen LogP contribution in [-0.2, 0) is 0 Å². The van der Waals surface area contributed by atoms with Gasteiger partial charge in [0.2, 0.25) is 0 Å². The molecule has 0 bridgehead atoms. The summed E-state index contributed by atoms with van der Waals surface area (Å²) in [5.41, 5.74) is 5.88. The van der Waals surface area contributed by atoms with Crippen molar-refractivity contribution in [2.75, 3.05) is 18.0 Å². The second kappa shape index (κ2) is 5.64. The van der Waals surface area contributed by atoms with Crippen LogP contribution < -0.4 is 10.6 Å². The summed E-state index contributed by atoms with van der Waals surface area (Å²) in [4.78, 5) is 1.81. The van der Waals surface area contributed by atoms with E-state index in [1.54, 1.807) is 6.07 Å². The van der Waals surface area contributed by atoms with Gasteiger partial charge in [0.1, 0.15) is 4.99 Å². The predicted molar refractivity (Wildman–Crippen MR) is 82.1 cm³/mol. The van der Waals surface area contributed by atoms with Crippen molar-refractivity contribution in [1.82, 2.24) is 0 Å². The average Bonchev–Trinajstić information content (AvgIpc) is 2.86. The summed E-state index contributed by atoms with van der Waals surface area (Å²) >= 11 is 4.72. The van der Waals surface area contributed by atoms with Crippen LogP contribution in [0.15, 0.2) is 12.1 Å². The molecule has 0 aromatic heterocycles. The number of nitrogens with zero attached hydrogens (tertiary/aromatic N) is 1. The predicted octanol–water partition coefficient (Wildman–Crippen LogP) is 3.62. The van der Waals surface area contributed by atoms with E-state index < -0.39 is 11.6 Å². The Bertz CT molecular complexity index is 527. The molecule has 0 aliphatic carbocycles. The van der Waals surface area contributed by atoms with E-state index in [0.29, 0.717) is 5.69 Å². The molecule has 1 aliphatic rings. The minimum absolute atomic E-state index is 0.0299. The number of hydrogen-bond acceptors (Lipinski definition) is 2. The Balaban J connectivity index is 2.32. The minimum atomic E-state index is -0.944. The number of thiocarbonyl (C=S) groups is 1. The smallest absolute Gasteiger partial charge is 0.182 e. The Kier molecular flexibility index (Phi) is 4.28. The molecule has 5 heteroatoms. The van der Waals surface area contributed by atoms with Gasteiger partial charge in [-0.1, -0.05) is 26.1 Å². The van der Waals surface area contributed by atoms with Crippen LogP contribution in [0.3, 0.4) is 0 Å². The molecular weight excluding hydrogens is 278 g/mol. The molecule has 1 heterocycles. The Morgan fingerprint density at radius 2 is 1.95 bits per heavy atom. The number of halogens is 2. The van der Waals surface area contributed by atoms with E-state index in [1.165, 1.54) is 6.07 Å². The Labute approximate surface area is 123 Å². The summed E-state index contributed by atoms with van der Waals surface area (Å²) < 4.78 is 28.2. The van der Waals surface area contributed by atoms with Gasteiger partial charge in [-0.3, -0.25) is 0 Å². The number of anilines is 1. The lowest BCUT2D eigenvalue weighted by atomic mass is 9.82. The van der Waals surface area contributed by atoms with E-state index in [1.807, 2.05) is 4.90 Å². The summed E-state index contributed by atoms with van der Waals surface area (Å²) in [6.07, 6.45) is 3.11. The summed E-state index contributed by atoms with van der Waals surface area (Å²) in [6, 6.07) is 3.04. The molecular formula is C15H20F2N2S. The van der Waals surface area contributed by atoms with Gasteiger partial charge in [0.15, 0.2) is 11.6 Å². The van der Waals surface area contributed by atoms with E-state index in [2.05, 4.69) is 13.8 Å². The van der Waals surface area contributed by atoms with Gasteiger partial charge in [-0.15, -0.1) is 0 Å². The normalized spacial score (nSPS) is 17.5. The number of hydrogen-bond donors (Lipinski definition) is 1. The van der Waals surface area contributed by atoms with Gasteiger partial charge in [-0.25, -0.2) is 8.78 Å². The first-order chi connectivity index (χ1) is 9.44. The van der Waals surface area contributed by atoms with Crippen molar-refractivity contribution in [2.24, 2.45) is 11.1 Å². The first-order valence-electron chi connectivity index (χ1n) is 6.97. The highest BCUT2D eigenvalue weighted by molar-refractivity contribution is 7.80. The van der Waals surface area contributed by atoms with Crippen LogP contribution >= 0.6 is 12.2 Å². The zero-order chi connectivity index (χ0) is 14.9. The molecule has 0 atom stereocenters. The number of benzene rings is 1. The summed E-state index contributed by atoms with van der Waals surface area (Å²) in [5.74, 6) is -1.79. The number of rotatable bonds is 4. The summed E-state index contributed by atoms with van der Waals surface area (Å²) in [6.45, 7) is 5.83. The van der Waals surface area contributed by atoms with Crippen LogP contribution in [0.5, 0.6) is 0 Å². The summed E-state index contributed by atoms with van der Waals surface area (Å²) in [5, 5.41) is 0. The third-order valence-corrected chi connectivity index (χ3v) is 4.83. The Morgan fingerprint density at radius 1 is 1.30 bits per heavy atom. The molecule has 2 rings (SSSR count). The van der Waals surface area contributed by atoms with Gasteiger partial charge < -0.3 is 10.6 Å². The maximum Gasteiger partial charge on any atom is 0.182 e. The standard InChI is InChI=1S/C15H20F2N2S/c1-3-15(4-2)7-8-19(9-15)11-6-5-10(14(18)20)12(16)13(11)17/h5-6H,3-4,7-9H2,1-2H3,(H2,18,20). The molecule has 1 aromatic carbocycles. The van der Waals surface area contributed by atoms with Crippen molar-refractivity contribution in [3.05, 3.63) is 29.3 Å². The van der Waals surface area contributed by atoms with Gasteiger partial charge in [-0.2, -0.15) is 0 Å². The van der Waals surface area contributed by atoms with Gasteiger partial charge in [0.05, 0.1) is 5.69 Å². The number of nitrogens with two attached hydrogens (primary N) is 1. The maximum atomic E-state index is 14.2. The molecule has 1 fully saturated rings. The average molecular weight is 298 g/mol. The molecule has 2 nitrogen and oxygen atoms in total. The van der Waals surface area contributed by atoms with Crippen LogP contribution in [-0.4, -0.2) is 18.1 Å². The fraction of sp³-hybridized carbons (Fsp3) is 0.533. The zero-order valence-electron chi connectivity index (χ0n) is 11.9. The van der Waals surface area contributed by atoms with Crippen molar-refractivity contribution in [3.8, 4) is 0 Å². The largest absolute Gasteiger partial charge is 0.389 e. The Hall–Kier alpha value is -1.23. The van der Waals surface area contributed by atoms with Crippen LogP contribution in [0.1, 0.15) is 38.7 Å². The lowest BCUT2D eigenvalue weighted by Crippen LogP contribution is -2.27. The summed E-state index contributed by atoms with van der Waals surface area (Å²) in [7, 11) is 0. The molecule has 0 spiro atoms. The van der Waals surface area contributed by atoms with Gasteiger partial charge >= 0.3 is 0 Å². The molecule has 2 N–H and O–H groups in total. The van der Waals surface area contributed by atoms with Crippen LogP contribution in [0.4, 0.5) is 14.5 Å². The highest BCUT2D eigenvalue weighted by atomic mass is 32.1. The fourth-order valence-electron chi connectivity index (χ4n) is 2.94. The van der Waals surface area contributed by atoms with Crippen molar-refractivity contribution in [3.63, 3.8) is 0 Å². The Morgan fingerprint density at radius 3 is 2.45 bits per heavy atom. The second-order valence-corrected chi connectivity index (χ2v) is 5.94. The second-order valence-electron chi connectivity index (χ2n) is 5.50. The van der Waals surface area contributed by atoms with E-state index in [4.69, 9.17) is 18.0 Å². The zero-order valence-corrected chi connectivity index (χ0v) is 12.7. The van der Waals surface area contributed by atoms with E-state index in [0.717, 1.165) is 32.4 Å². The first-order valence-corrected chi connectivity index (χ1v) is 7.37. The third kappa shape index (κ3) is 2.51. The monoisotopic (exact) mass is 298 g/mol. The molecule has 0 saturated carbocycles. The maximum absolute atomic E-state index is 14.2. The topological polar surface area (TPSA) is 29.3 Å². The molecule has 20 heavy (non-hydrogen) atoms. The molecule has 0 amide bonds. The van der Waals surface area contributed by atoms with Crippen molar-refractivity contribution < 1.29 is 8.78 Å². The van der Waals surface area contributed by atoms with Crippen LogP contribution in [0.25, 0.3) is 0 Å². The van der Waals surface area contributed by atoms with Crippen LogP contribution in [0, 0.1) is 17.0 Å². The highest BCUT2D eigenvalue weighted by Gasteiger charge is 2.36. The van der Waals surface area contributed by atoms with Gasteiger partial charge in [0, 0.05) is 18.7 Å². The molecule has 110 valence electrons. The van der Waals surface area contributed by atoms with E-state index >= 15 is 0 Å². The molecule has 0 radical (unpaired) electrons. The fourth-order valence-corrected chi connectivity index (χ4v) is 3.10. The SMILES string of the molecule is CCC1(CC)CCN(c2ccc(C(N)=S)c(F)c2F)C1. The molecule has 1 saturated heterocycles. The molecule has 0 unspecified atom stereocenters.